The Labute approximate surface area is 77.2 Å². The number of aliphatic hydroxyl groups is 1. The van der Waals surface area contributed by atoms with Crippen LogP contribution in [-0.2, 0) is 9.53 Å². The van der Waals surface area contributed by atoms with Crippen LogP contribution in [0.15, 0.2) is 0 Å². The van der Waals surface area contributed by atoms with Crippen molar-refractivity contribution < 1.29 is 14.6 Å². The van der Waals surface area contributed by atoms with Gasteiger partial charge in [-0.2, -0.15) is 0 Å². The summed E-state index contributed by atoms with van der Waals surface area (Å²) in [5.41, 5.74) is 5.61. The van der Waals surface area contributed by atoms with Gasteiger partial charge < -0.3 is 20.9 Å². The zero-order valence-corrected chi connectivity index (χ0v) is 7.69. The molecule has 0 aliphatic carbocycles. The van der Waals surface area contributed by atoms with Crippen LogP contribution in [0.4, 0.5) is 0 Å². The first-order valence-corrected chi connectivity index (χ1v) is 4.39. The van der Waals surface area contributed by atoms with Gasteiger partial charge in [0.25, 0.3) is 0 Å². The largest absolute Gasteiger partial charge is 0.367 e. The van der Waals surface area contributed by atoms with Gasteiger partial charge in [-0.3, -0.25) is 4.79 Å². The molecule has 5 nitrogen and oxygen atoms in total. The first-order chi connectivity index (χ1) is 6.15. The van der Waals surface area contributed by atoms with Crippen molar-refractivity contribution in [1.82, 2.24) is 5.32 Å². The summed E-state index contributed by atoms with van der Waals surface area (Å²) in [6.45, 7) is 0.708. The van der Waals surface area contributed by atoms with Gasteiger partial charge in [0.1, 0.15) is 0 Å². The fourth-order valence-corrected chi connectivity index (χ4v) is 1.49. The number of ether oxygens (including phenoxy) is 1. The van der Waals surface area contributed by atoms with Crippen LogP contribution in [0.5, 0.6) is 0 Å². The van der Waals surface area contributed by atoms with E-state index in [1.165, 1.54) is 7.11 Å². The minimum atomic E-state index is -0.978. The van der Waals surface area contributed by atoms with E-state index in [4.69, 9.17) is 5.73 Å². The lowest BCUT2D eigenvalue weighted by molar-refractivity contribution is -0.124. The van der Waals surface area contributed by atoms with E-state index >= 15 is 0 Å². The molecular formula is C8H16N2O3. The maximum Gasteiger partial charge on any atom is 0.223 e. The number of nitrogens with one attached hydrogen (secondary N) is 1. The van der Waals surface area contributed by atoms with Crippen LogP contribution in [0.1, 0.15) is 12.8 Å². The number of rotatable bonds is 4. The summed E-state index contributed by atoms with van der Waals surface area (Å²) in [6.07, 6.45) is 0.289. The maximum atomic E-state index is 11.1. The highest BCUT2D eigenvalue weighted by molar-refractivity contribution is 5.80. The van der Waals surface area contributed by atoms with E-state index in [1.807, 2.05) is 0 Å². The summed E-state index contributed by atoms with van der Waals surface area (Å²) in [7, 11) is 1.39. The Morgan fingerprint density at radius 1 is 1.85 bits per heavy atom. The van der Waals surface area contributed by atoms with E-state index in [0.29, 0.717) is 13.0 Å². The molecule has 0 spiro atoms. The molecule has 0 aromatic carbocycles. The van der Waals surface area contributed by atoms with Gasteiger partial charge >= 0.3 is 0 Å². The lowest BCUT2D eigenvalue weighted by atomic mass is 9.99. The molecule has 4 N–H and O–H groups in total. The Morgan fingerprint density at radius 3 is 3.00 bits per heavy atom. The quantitative estimate of drug-likeness (QED) is 0.484. The van der Waals surface area contributed by atoms with Crippen LogP contribution >= 0.6 is 0 Å². The Morgan fingerprint density at radius 2 is 2.54 bits per heavy atom. The van der Waals surface area contributed by atoms with E-state index in [2.05, 4.69) is 10.1 Å². The maximum absolute atomic E-state index is 11.1. The van der Waals surface area contributed by atoms with E-state index in [9.17, 15) is 9.90 Å². The molecule has 1 heterocycles. The first kappa shape index (κ1) is 10.4. The van der Waals surface area contributed by atoms with Crippen molar-refractivity contribution in [3.63, 3.8) is 0 Å². The number of nitrogens with two attached hydrogens (primary N) is 1. The molecule has 0 saturated carbocycles. The van der Waals surface area contributed by atoms with Crippen molar-refractivity contribution in [3.8, 4) is 0 Å². The molecule has 76 valence electrons. The van der Waals surface area contributed by atoms with E-state index < -0.39 is 12.3 Å². The highest BCUT2D eigenvalue weighted by Crippen LogP contribution is 2.16. The number of hydrogen-bond donors (Lipinski definition) is 3. The van der Waals surface area contributed by atoms with Crippen LogP contribution in [0.2, 0.25) is 0 Å². The van der Waals surface area contributed by atoms with Gasteiger partial charge in [0.05, 0.1) is 6.04 Å². The van der Waals surface area contributed by atoms with Gasteiger partial charge in [-0.1, -0.05) is 0 Å². The van der Waals surface area contributed by atoms with E-state index in [-0.39, 0.29) is 11.8 Å². The Kier molecular flexibility index (Phi) is 3.65. The number of methoxy groups -OCH3 is 1. The van der Waals surface area contributed by atoms with Crippen molar-refractivity contribution in [3.05, 3.63) is 0 Å². The number of carbonyl (C=O) groups excluding carboxylic acids is 1. The highest BCUT2D eigenvalue weighted by Gasteiger charge is 2.28. The topological polar surface area (TPSA) is 84.6 Å². The van der Waals surface area contributed by atoms with Crippen LogP contribution in [0.25, 0.3) is 0 Å². The van der Waals surface area contributed by atoms with E-state index in [1.54, 1.807) is 0 Å². The van der Waals surface area contributed by atoms with Crippen molar-refractivity contribution in [2.24, 2.45) is 11.7 Å². The van der Waals surface area contributed by atoms with Crippen molar-refractivity contribution >= 4 is 5.91 Å². The molecule has 1 aliphatic heterocycles. The lowest BCUT2D eigenvalue weighted by Crippen LogP contribution is -2.38. The Balaban J connectivity index is 2.34. The molecule has 1 rings (SSSR count). The van der Waals surface area contributed by atoms with Crippen molar-refractivity contribution in [1.29, 1.82) is 0 Å². The number of amides is 1. The minimum Gasteiger partial charge on any atom is -0.367 e. The van der Waals surface area contributed by atoms with Gasteiger partial charge in [0.2, 0.25) is 5.91 Å². The monoisotopic (exact) mass is 188 g/mol. The molecule has 13 heavy (non-hydrogen) atoms. The van der Waals surface area contributed by atoms with Crippen molar-refractivity contribution in [2.45, 2.75) is 25.2 Å². The second-order valence-corrected chi connectivity index (χ2v) is 3.30. The molecule has 0 aromatic rings. The zero-order valence-electron chi connectivity index (χ0n) is 7.69. The average molecular weight is 188 g/mol. The second kappa shape index (κ2) is 4.55. The fraction of sp³-hybridized carbons (Fsp3) is 0.875. The molecule has 0 bridgehead atoms. The van der Waals surface area contributed by atoms with Gasteiger partial charge in [-0.25, -0.2) is 0 Å². The van der Waals surface area contributed by atoms with Gasteiger partial charge in [0.15, 0.2) is 6.29 Å². The standard InChI is InChI=1S/C8H16N2O3/c1-13-8(12)6(9)4-5-2-3-10-7(5)11/h5-6,8,12H,2-4,9H2,1H3,(H,10,11)/t5-,6-,8?/m0/s1. The molecule has 1 unspecified atom stereocenters. The Bertz CT molecular complexity index is 186. The summed E-state index contributed by atoms with van der Waals surface area (Å²) in [6, 6.07) is -0.487. The van der Waals surface area contributed by atoms with Crippen LogP contribution in [-0.4, -0.2) is 37.0 Å². The molecule has 1 aliphatic rings. The molecule has 1 saturated heterocycles. The van der Waals surface area contributed by atoms with Crippen LogP contribution < -0.4 is 11.1 Å². The molecule has 0 radical (unpaired) electrons. The third kappa shape index (κ3) is 2.65. The van der Waals surface area contributed by atoms with E-state index in [0.717, 1.165) is 6.42 Å². The molecular weight excluding hydrogens is 172 g/mol. The SMILES string of the molecule is COC(O)[C@@H](N)C[C@@H]1CCNC1=O. The minimum absolute atomic E-state index is 0.0266. The first-order valence-electron chi connectivity index (χ1n) is 4.39. The highest BCUT2D eigenvalue weighted by atomic mass is 16.6. The van der Waals surface area contributed by atoms with Crippen molar-refractivity contribution in [2.75, 3.05) is 13.7 Å². The smallest absolute Gasteiger partial charge is 0.223 e. The van der Waals surface area contributed by atoms with Crippen LogP contribution in [0, 0.1) is 5.92 Å². The van der Waals surface area contributed by atoms with Gasteiger partial charge in [-0.15, -0.1) is 0 Å². The second-order valence-electron chi connectivity index (χ2n) is 3.30. The van der Waals surface area contributed by atoms with Gasteiger partial charge in [-0.05, 0) is 12.8 Å². The molecule has 0 aromatic heterocycles. The predicted molar refractivity (Wildman–Crippen MR) is 46.7 cm³/mol. The third-order valence-electron chi connectivity index (χ3n) is 2.33. The summed E-state index contributed by atoms with van der Waals surface area (Å²) >= 11 is 0. The molecule has 3 atom stereocenters. The molecule has 1 amide bonds. The summed E-state index contributed by atoms with van der Waals surface area (Å²) < 4.78 is 4.66. The number of aliphatic hydroxyl groups excluding tert-OH is 1. The Hall–Kier alpha value is -0.650. The lowest BCUT2D eigenvalue weighted by Gasteiger charge is -2.19. The predicted octanol–water partition coefficient (Wildman–Crippen LogP) is -1.20. The molecule has 1 fully saturated rings. The number of carbonyl (C=O) groups is 1. The zero-order chi connectivity index (χ0) is 9.84. The number of hydrogen-bond acceptors (Lipinski definition) is 4. The normalized spacial score (nSPS) is 27.0. The summed E-state index contributed by atoms with van der Waals surface area (Å²) in [5, 5.41) is 11.9. The summed E-state index contributed by atoms with van der Waals surface area (Å²) in [5.74, 6) is -0.0430. The average Bonchev–Trinajstić information content (AvgIpc) is 2.50. The van der Waals surface area contributed by atoms with Gasteiger partial charge in [0, 0.05) is 19.6 Å². The van der Waals surface area contributed by atoms with Crippen LogP contribution in [0.3, 0.4) is 0 Å². The molecule has 5 heteroatoms. The summed E-state index contributed by atoms with van der Waals surface area (Å²) in [4.78, 5) is 11.1. The fourth-order valence-electron chi connectivity index (χ4n) is 1.49. The third-order valence-corrected chi connectivity index (χ3v) is 2.33.